The largest absolute Gasteiger partial charge is 0.456 e. The van der Waals surface area contributed by atoms with Crippen molar-refractivity contribution in [1.82, 2.24) is 5.32 Å². The molecule has 0 radical (unpaired) electrons. The highest BCUT2D eigenvalue weighted by Gasteiger charge is 2.24. The van der Waals surface area contributed by atoms with Crippen LogP contribution in [0.1, 0.15) is 23.7 Å². The predicted octanol–water partition coefficient (Wildman–Crippen LogP) is 2.23. The molecule has 0 spiro atoms. The lowest BCUT2D eigenvalue weighted by Gasteiger charge is -2.17. The first-order valence-corrected chi connectivity index (χ1v) is 8.93. The lowest BCUT2D eigenvalue weighted by Crippen LogP contribution is -2.42. The molecule has 0 fully saturated rings. The molecule has 0 aromatic heterocycles. The molecule has 25 heavy (non-hydrogen) atoms. The number of rotatable bonds is 9. The number of carbonyl (C=O) groups excluding carboxylic acids is 3. The van der Waals surface area contributed by atoms with Crippen LogP contribution in [0.25, 0.3) is 0 Å². The molecular weight excluding hydrogens is 372 g/mol. The number of nitrogens with zero attached hydrogens (tertiary/aromatic N) is 1. The van der Waals surface area contributed by atoms with E-state index in [2.05, 4.69) is 5.32 Å². The van der Waals surface area contributed by atoms with Crippen molar-refractivity contribution in [3.05, 3.63) is 38.9 Å². The molecule has 1 atom stereocenters. The van der Waals surface area contributed by atoms with Crippen LogP contribution < -0.4 is 5.32 Å². The van der Waals surface area contributed by atoms with Crippen LogP contribution in [0.4, 0.5) is 5.69 Å². The van der Waals surface area contributed by atoms with Gasteiger partial charge in [0.25, 0.3) is 11.6 Å². The van der Waals surface area contributed by atoms with Crippen LogP contribution in [-0.4, -0.2) is 47.2 Å². The van der Waals surface area contributed by atoms with Crippen molar-refractivity contribution in [3.63, 3.8) is 0 Å². The third kappa shape index (κ3) is 6.71. The van der Waals surface area contributed by atoms with E-state index in [-0.39, 0.29) is 28.7 Å². The van der Waals surface area contributed by atoms with Crippen molar-refractivity contribution in [2.75, 3.05) is 18.6 Å². The smallest absolute Gasteiger partial charge is 0.329 e. The van der Waals surface area contributed by atoms with Crippen LogP contribution in [0.2, 0.25) is 5.02 Å². The van der Waals surface area contributed by atoms with Crippen LogP contribution in [0.3, 0.4) is 0 Å². The lowest BCUT2D eigenvalue weighted by atomic mass is 10.1. The topological polar surface area (TPSA) is 116 Å². The Labute approximate surface area is 153 Å². The average molecular weight is 389 g/mol. The first-order chi connectivity index (χ1) is 11.8. The number of carbonyl (C=O) groups is 3. The van der Waals surface area contributed by atoms with Gasteiger partial charge in [0.05, 0.1) is 15.5 Å². The maximum absolute atomic E-state index is 12.3. The minimum atomic E-state index is -0.953. The van der Waals surface area contributed by atoms with Crippen molar-refractivity contribution >= 4 is 46.7 Å². The number of halogens is 1. The minimum Gasteiger partial charge on any atom is -0.456 e. The van der Waals surface area contributed by atoms with Crippen LogP contribution in [-0.2, 0) is 14.3 Å². The van der Waals surface area contributed by atoms with Crippen LogP contribution in [0.5, 0.6) is 0 Å². The van der Waals surface area contributed by atoms with Crippen LogP contribution in [0.15, 0.2) is 18.2 Å². The zero-order valence-corrected chi connectivity index (χ0v) is 15.2. The number of non-ortho nitro benzene ring substituents is 1. The number of benzene rings is 1. The van der Waals surface area contributed by atoms with E-state index >= 15 is 0 Å². The van der Waals surface area contributed by atoms with E-state index in [4.69, 9.17) is 16.3 Å². The molecule has 1 aromatic rings. The Balaban J connectivity index is 2.88. The second-order valence-corrected chi connectivity index (χ2v) is 6.43. The Kier molecular flexibility index (Phi) is 8.36. The second kappa shape index (κ2) is 10.00. The number of ketones is 1. The zero-order chi connectivity index (χ0) is 19.0. The number of Topliss-reactive ketones (excluding diaryl/α,β-unsaturated/α-hetero) is 1. The number of nitrogens with one attached hydrogen (secondary N) is 1. The fourth-order valence-electron chi connectivity index (χ4n) is 1.80. The molecule has 0 unspecified atom stereocenters. The van der Waals surface area contributed by atoms with Crippen molar-refractivity contribution in [2.24, 2.45) is 0 Å². The molecule has 0 aliphatic rings. The van der Waals surface area contributed by atoms with Gasteiger partial charge in [-0.1, -0.05) is 11.6 Å². The third-order valence-electron chi connectivity index (χ3n) is 3.03. The third-order valence-corrected chi connectivity index (χ3v) is 3.98. The molecule has 0 bridgehead atoms. The average Bonchev–Trinajstić information content (AvgIpc) is 2.55. The summed E-state index contributed by atoms with van der Waals surface area (Å²) in [7, 11) is 0. The van der Waals surface area contributed by atoms with Gasteiger partial charge in [0.1, 0.15) is 12.6 Å². The van der Waals surface area contributed by atoms with E-state index < -0.39 is 22.8 Å². The molecule has 1 amide bonds. The number of nitro groups is 1. The highest BCUT2D eigenvalue weighted by atomic mass is 35.5. The van der Waals surface area contributed by atoms with Gasteiger partial charge < -0.3 is 10.1 Å². The molecule has 1 rings (SSSR count). The van der Waals surface area contributed by atoms with Gasteiger partial charge in [-0.3, -0.25) is 19.7 Å². The van der Waals surface area contributed by atoms with Gasteiger partial charge in [-0.05, 0) is 31.4 Å². The van der Waals surface area contributed by atoms with Crippen molar-refractivity contribution in [3.8, 4) is 0 Å². The van der Waals surface area contributed by atoms with Gasteiger partial charge in [-0.2, -0.15) is 11.8 Å². The van der Waals surface area contributed by atoms with Crippen molar-refractivity contribution in [2.45, 2.75) is 19.4 Å². The van der Waals surface area contributed by atoms with E-state index in [0.717, 1.165) is 12.1 Å². The first-order valence-electron chi connectivity index (χ1n) is 7.16. The standard InChI is InChI=1S/C15H17ClN2O6S/c1-9(19)8-24-15(21)13(5-6-25-2)17-14(20)11-4-3-10(18(22)23)7-12(11)16/h3-4,7,13H,5-6,8H2,1-2H3,(H,17,20)/t13-/m1/s1. The number of esters is 1. The molecule has 0 heterocycles. The summed E-state index contributed by atoms with van der Waals surface area (Å²) in [5, 5.41) is 13.1. The number of thioether (sulfide) groups is 1. The Morgan fingerprint density at radius 1 is 1.40 bits per heavy atom. The maximum atomic E-state index is 12.3. The molecule has 1 N–H and O–H groups in total. The zero-order valence-electron chi connectivity index (χ0n) is 13.6. The summed E-state index contributed by atoms with van der Waals surface area (Å²) in [6.07, 6.45) is 2.14. The van der Waals surface area contributed by atoms with E-state index in [9.17, 15) is 24.5 Å². The summed E-state index contributed by atoms with van der Waals surface area (Å²) in [5.74, 6) is -1.13. The summed E-state index contributed by atoms with van der Waals surface area (Å²) in [6, 6.07) is 2.46. The highest BCUT2D eigenvalue weighted by Crippen LogP contribution is 2.22. The first kappa shape index (κ1) is 20.9. The number of ether oxygens (including phenoxy) is 1. The van der Waals surface area contributed by atoms with E-state index in [1.807, 2.05) is 6.26 Å². The summed E-state index contributed by atoms with van der Waals surface area (Å²) in [5.41, 5.74) is -0.248. The summed E-state index contributed by atoms with van der Waals surface area (Å²) >= 11 is 7.38. The monoisotopic (exact) mass is 388 g/mol. The fraction of sp³-hybridized carbons (Fsp3) is 0.400. The highest BCUT2D eigenvalue weighted by molar-refractivity contribution is 7.98. The molecule has 8 nitrogen and oxygen atoms in total. The Hall–Kier alpha value is -2.13. The molecule has 136 valence electrons. The van der Waals surface area contributed by atoms with Gasteiger partial charge in [0, 0.05) is 12.1 Å². The quantitative estimate of drug-likeness (QED) is 0.391. The Bertz CT molecular complexity index is 682. The predicted molar refractivity (Wildman–Crippen MR) is 94.0 cm³/mol. The summed E-state index contributed by atoms with van der Waals surface area (Å²) in [6.45, 7) is 0.905. The van der Waals surface area contributed by atoms with Crippen LogP contribution in [0, 0.1) is 10.1 Å². The molecule has 0 saturated heterocycles. The van der Waals surface area contributed by atoms with E-state index in [1.165, 1.54) is 24.8 Å². The van der Waals surface area contributed by atoms with Crippen molar-refractivity contribution in [1.29, 1.82) is 0 Å². The van der Waals surface area contributed by atoms with Crippen molar-refractivity contribution < 1.29 is 24.0 Å². The number of hydrogen-bond acceptors (Lipinski definition) is 7. The van der Waals surface area contributed by atoms with Gasteiger partial charge in [0.2, 0.25) is 0 Å². The minimum absolute atomic E-state index is 0.000728. The van der Waals surface area contributed by atoms with Gasteiger partial charge in [-0.25, -0.2) is 4.79 Å². The van der Waals surface area contributed by atoms with Gasteiger partial charge in [-0.15, -0.1) is 0 Å². The second-order valence-electron chi connectivity index (χ2n) is 5.04. The number of hydrogen-bond donors (Lipinski definition) is 1. The van der Waals surface area contributed by atoms with Gasteiger partial charge in [0.15, 0.2) is 5.78 Å². The molecule has 0 aliphatic carbocycles. The fourth-order valence-corrected chi connectivity index (χ4v) is 2.53. The normalized spacial score (nSPS) is 11.5. The maximum Gasteiger partial charge on any atom is 0.329 e. The molecule has 1 aromatic carbocycles. The molecule has 0 saturated carbocycles. The van der Waals surface area contributed by atoms with Gasteiger partial charge >= 0.3 is 5.97 Å². The van der Waals surface area contributed by atoms with Crippen LogP contribution >= 0.6 is 23.4 Å². The Morgan fingerprint density at radius 2 is 2.08 bits per heavy atom. The van der Waals surface area contributed by atoms with E-state index in [1.54, 1.807) is 0 Å². The number of nitro benzene ring substituents is 1. The molecule has 0 aliphatic heterocycles. The summed E-state index contributed by atoms with van der Waals surface area (Å²) < 4.78 is 4.85. The summed E-state index contributed by atoms with van der Waals surface area (Å²) in [4.78, 5) is 45.3. The number of amides is 1. The lowest BCUT2D eigenvalue weighted by molar-refractivity contribution is -0.384. The van der Waals surface area contributed by atoms with E-state index in [0.29, 0.717) is 12.2 Å². The molecule has 10 heteroatoms. The molecular formula is C15H17ClN2O6S. The Morgan fingerprint density at radius 3 is 2.60 bits per heavy atom. The SMILES string of the molecule is CSCC[C@@H](NC(=O)c1ccc([N+](=O)[O-])cc1Cl)C(=O)OCC(C)=O.